The van der Waals surface area contributed by atoms with Gasteiger partial charge in [0.15, 0.2) is 0 Å². The predicted octanol–water partition coefficient (Wildman–Crippen LogP) is 1.80. The number of anilines is 1. The van der Waals surface area contributed by atoms with E-state index in [1.807, 2.05) is 17.9 Å². The largest absolute Gasteiger partial charge is 0.368 e. The first-order valence-corrected chi connectivity index (χ1v) is 5.84. The van der Waals surface area contributed by atoms with Crippen LogP contribution in [0, 0.1) is 12.7 Å². The van der Waals surface area contributed by atoms with E-state index in [0.717, 1.165) is 37.4 Å². The summed E-state index contributed by atoms with van der Waals surface area (Å²) < 4.78 is 13.0. The molecular weight excluding hydrogens is 219 g/mol. The third-order valence-corrected chi connectivity index (χ3v) is 3.22. The highest BCUT2D eigenvalue weighted by atomic mass is 19.1. The standard InChI is InChI=1S/C13H17FN2O/c1-10-9-12(14)3-4-13(10)16-7-5-15(6-8-16)11(2)17/h3-4,9H,5-8H2,1-2H3. The lowest BCUT2D eigenvalue weighted by Crippen LogP contribution is -2.48. The van der Waals surface area contributed by atoms with Crippen molar-refractivity contribution in [3.05, 3.63) is 29.6 Å². The van der Waals surface area contributed by atoms with Gasteiger partial charge in [0, 0.05) is 38.8 Å². The number of carbonyl (C=O) groups is 1. The van der Waals surface area contributed by atoms with Crippen LogP contribution in [0.2, 0.25) is 0 Å². The molecule has 2 rings (SSSR count). The van der Waals surface area contributed by atoms with Gasteiger partial charge in [-0.2, -0.15) is 0 Å². The number of rotatable bonds is 1. The minimum atomic E-state index is -0.200. The van der Waals surface area contributed by atoms with Gasteiger partial charge in [0.25, 0.3) is 0 Å². The first kappa shape index (κ1) is 11.9. The van der Waals surface area contributed by atoms with Crippen molar-refractivity contribution in [1.29, 1.82) is 0 Å². The van der Waals surface area contributed by atoms with E-state index in [9.17, 15) is 9.18 Å². The second-order valence-corrected chi connectivity index (χ2v) is 4.42. The smallest absolute Gasteiger partial charge is 0.219 e. The molecule has 0 radical (unpaired) electrons. The first-order valence-electron chi connectivity index (χ1n) is 5.84. The lowest BCUT2D eigenvalue weighted by Gasteiger charge is -2.36. The molecule has 0 unspecified atom stereocenters. The van der Waals surface area contributed by atoms with Gasteiger partial charge in [-0.15, -0.1) is 0 Å². The van der Waals surface area contributed by atoms with Gasteiger partial charge in [0.1, 0.15) is 5.82 Å². The number of carbonyl (C=O) groups excluding carboxylic acids is 1. The Hall–Kier alpha value is -1.58. The molecule has 0 bridgehead atoms. The maximum Gasteiger partial charge on any atom is 0.219 e. The van der Waals surface area contributed by atoms with Crippen LogP contribution in [0.4, 0.5) is 10.1 Å². The van der Waals surface area contributed by atoms with Gasteiger partial charge in [-0.05, 0) is 30.7 Å². The molecule has 17 heavy (non-hydrogen) atoms. The summed E-state index contributed by atoms with van der Waals surface area (Å²) in [6, 6.07) is 4.85. The average Bonchev–Trinajstić information content (AvgIpc) is 2.29. The number of nitrogens with zero attached hydrogens (tertiary/aromatic N) is 2. The van der Waals surface area contributed by atoms with Crippen molar-refractivity contribution >= 4 is 11.6 Å². The molecule has 1 aliphatic rings. The zero-order chi connectivity index (χ0) is 12.4. The van der Waals surface area contributed by atoms with Crippen LogP contribution >= 0.6 is 0 Å². The highest BCUT2D eigenvalue weighted by molar-refractivity contribution is 5.73. The molecule has 92 valence electrons. The van der Waals surface area contributed by atoms with Crippen LogP contribution in [0.1, 0.15) is 12.5 Å². The molecule has 0 atom stereocenters. The Kier molecular flexibility index (Phi) is 3.31. The molecule has 1 amide bonds. The molecule has 1 aromatic rings. The van der Waals surface area contributed by atoms with E-state index in [0.29, 0.717) is 0 Å². The molecule has 0 spiro atoms. The number of hydrogen-bond donors (Lipinski definition) is 0. The Bertz CT molecular complexity index is 425. The number of halogens is 1. The van der Waals surface area contributed by atoms with Crippen LogP contribution in [-0.4, -0.2) is 37.0 Å². The first-order chi connectivity index (χ1) is 8.08. The lowest BCUT2D eigenvalue weighted by atomic mass is 10.1. The zero-order valence-corrected chi connectivity index (χ0v) is 10.2. The van der Waals surface area contributed by atoms with Gasteiger partial charge in [0.05, 0.1) is 0 Å². The van der Waals surface area contributed by atoms with E-state index in [2.05, 4.69) is 4.90 Å². The van der Waals surface area contributed by atoms with Crippen LogP contribution in [0.5, 0.6) is 0 Å². The van der Waals surface area contributed by atoms with E-state index < -0.39 is 0 Å². The molecule has 4 heteroatoms. The van der Waals surface area contributed by atoms with Gasteiger partial charge in [-0.25, -0.2) is 4.39 Å². The van der Waals surface area contributed by atoms with Crippen molar-refractivity contribution in [3.8, 4) is 0 Å². The zero-order valence-electron chi connectivity index (χ0n) is 10.2. The third-order valence-electron chi connectivity index (χ3n) is 3.22. The van der Waals surface area contributed by atoms with Crippen molar-refractivity contribution in [2.75, 3.05) is 31.1 Å². The Morgan fingerprint density at radius 1 is 1.24 bits per heavy atom. The van der Waals surface area contributed by atoms with E-state index in [4.69, 9.17) is 0 Å². The Labute approximate surface area is 101 Å². The second-order valence-electron chi connectivity index (χ2n) is 4.42. The SMILES string of the molecule is CC(=O)N1CCN(c2ccc(F)cc2C)CC1. The van der Waals surface area contributed by atoms with Crippen molar-refractivity contribution in [3.63, 3.8) is 0 Å². The minimum Gasteiger partial charge on any atom is -0.368 e. The fraction of sp³-hybridized carbons (Fsp3) is 0.462. The fourth-order valence-electron chi connectivity index (χ4n) is 2.24. The quantitative estimate of drug-likeness (QED) is 0.742. The van der Waals surface area contributed by atoms with Crippen LogP contribution in [0.25, 0.3) is 0 Å². The second kappa shape index (κ2) is 4.73. The van der Waals surface area contributed by atoms with E-state index >= 15 is 0 Å². The molecule has 0 N–H and O–H groups in total. The summed E-state index contributed by atoms with van der Waals surface area (Å²) in [6.45, 7) is 6.62. The summed E-state index contributed by atoms with van der Waals surface area (Å²) in [4.78, 5) is 15.3. The van der Waals surface area contributed by atoms with Gasteiger partial charge in [0.2, 0.25) is 5.91 Å². The molecule has 0 aromatic heterocycles. The predicted molar refractivity (Wildman–Crippen MR) is 65.6 cm³/mol. The normalized spacial score (nSPS) is 16.2. The topological polar surface area (TPSA) is 23.6 Å². The maximum atomic E-state index is 13.0. The minimum absolute atomic E-state index is 0.125. The van der Waals surface area contributed by atoms with Crippen molar-refractivity contribution in [2.45, 2.75) is 13.8 Å². The van der Waals surface area contributed by atoms with Gasteiger partial charge < -0.3 is 9.80 Å². The molecule has 1 heterocycles. The summed E-state index contributed by atoms with van der Waals surface area (Å²) in [5, 5.41) is 0. The Balaban J connectivity index is 2.08. The van der Waals surface area contributed by atoms with Crippen LogP contribution in [0.15, 0.2) is 18.2 Å². The highest BCUT2D eigenvalue weighted by Gasteiger charge is 2.19. The highest BCUT2D eigenvalue weighted by Crippen LogP contribution is 2.22. The molecule has 3 nitrogen and oxygen atoms in total. The number of hydrogen-bond acceptors (Lipinski definition) is 2. The lowest BCUT2D eigenvalue weighted by molar-refractivity contribution is -0.129. The summed E-state index contributed by atoms with van der Waals surface area (Å²) >= 11 is 0. The maximum absolute atomic E-state index is 13.0. The molecule has 1 aromatic carbocycles. The third kappa shape index (κ3) is 2.57. The molecule has 1 aliphatic heterocycles. The Morgan fingerprint density at radius 3 is 2.41 bits per heavy atom. The molecule has 0 aliphatic carbocycles. The van der Waals surface area contributed by atoms with Gasteiger partial charge in [-0.1, -0.05) is 0 Å². The number of aryl methyl sites for hydroxylation is 1. The monoisotopic (exact) mass is 236 g/mol. The van der Waals surface area contributed by atoms with Gasteiger partial charge >= 0.3 is 0 Å². The number of amides is 1. The molecule has 1 saturated heterocycles. The fourth-order valence-corrected chi connectivity index (χ4v) is 2.24. The summed E-state index contributed by atoms with van der Waals surface area (Å²) in [6.07, 6.45) is 0. The van der Waals surface area contributed by atoms with Crippen molar-refractivity contribution in [2.24, 2.45) is 0 Å². The number of piperazine rings is 1. The van der Waals surface area contributed by atoms with E-state index in [1.165, 1.54) is 6.07 Å². The average molecular weight is 236 g/mol. The van der Waals surface area contributed by atoms with E-state index in [1.54, 1.807) is 13.0 Å². The van der Waals surface area contributed by atoms with Crippen LogP contribution in [0.3, 0.4) is 0 Å². The molecule has 1 fully saturated rings. The van der Waals surface area contributed by atoms with Crippen molar-refractivity contribution in [1.82, 2.24) is 4.90 Å². The van der Waals surface area contributed by atoms with E-state index in [-0.39, 0.29) is 11.7 Å². The van der Waals surface area contributed by atoms with Crippen LogP contribution in [-0.2, 0) is 4.79 Å². The molecule has 0 saturated carbocycles. The Morgan fingerprint density at radius 2 is 1.88 bits per heavy atom. The van der Waals surface area contributed by atoms with Crippen molar-refractivity contribution < 1.29 is 9.18 Å². The summed E-state index contributed by atoms with van der Waals surface area (Å²) in [5.74, 6) is -0.0749. The summed E-state index contributed by atoms with van der Waals surface area (Å²) in [7, 11) is 0. The molecular formula is C13H17FN2O. The number of benzene rings is 1. The van der Waals surface area contributed by atoms with Crippen LogP contribution < -0.4 is 4.90 Å². The van der Waals surface area contributed by atoms with Gasteiger partial charge in [-0.3, -0.25) is 4.79 Å². The summed E-state index contributed by atoms with van der Waals surface area (Å²) in [5.41, 5.74) is 2.01.